The van der Waals surface area contributed by atoms with Gasteiger partial charge in [-0.1, -0.05) is 58.3 Å². The van der Waals surface area contributed by atoms with Crippen molar-refractivity contribution in [2.45, 2.75) is 128 Å². The molecule has 0 aromatic rings. The van der Waals surface area contributed by atoms with Gasteiger partial charge in [-0.15, -0.1) is 0 Å². The molecule has 0 aromatic carbocycles. The molecule has 210 valence electrons. The summed E-state index contributed by atoms with van der Waals surface area (Å²) in [5, 5.41) is 44.3. The average Bonchev–Trinajstić information content (AvgIpc) is 2.78. The maximum absolute atomic E-state index is 12.1. The first kappa shape index (κ1) is 33.6. The van der Waals surface area contributed by atoms with E-state index >= 15 is 0 Å². The van der Waals surface area contributed by atoms with Gasteiger partial charge in [0.25, 0.3) is 0 Å². The van der Waals surface area contributed by atoms with Crippen molar-refractivity contribution in [3.05, 3.63) is 0 Å². The smallest absolute Gasteiger partial charge is 0.326 e. The largest absolute Gasteiger partial charge is 0.480 e. The van der Waals surface area contributed by atoms with Crippen molar-refractivity contribution in [1.82, 2.24) is 16.0 Å². The van der Waals surface area contributed by atoms with Crippen LogP contribution >= 0.6 is 0 Å². The van der Waals surface area contributed by atoms with Crippen LogP contribution in [0.5, 0.6) is 0 Å². The lowest BCUT2D eigenvalue weighted by Crippen LogP contribution is -2.51. The minimum atomic E-state index is -2.08. The summed E-state index contributed by atoms with van der Waals surface area (Å²) in [4.78, 5) is 46.7. The van der Waals surface area contributed by atoms with Gasteiger partial charge in [0.2, 0.25) is 5.91 Å². The number of hydrogen-bond acceptors (Lipinski definition) is 6. The van der Waals surface area contributed by atoms with E-state index in [2.05, 4.69) is 22.9 Å². The summed E-state index contributed by atoms with van der Waals surface area (Å²) < 4.78 is 0. The fraction of sp³-hybridized carbons (Fsp3) is 0.840. The van der Waals surface area contributed by atoms with E-state index in [-0.39, 0.29) is 25.2 Å². The van der Waals surface area contributed by atoms with Gasteiger partial charge in [0.1, 0.15) is 12.1 Å². The zero-order valence-corrected chi connectivity index (χ0v) is 21.9. The second-order valence-electron chi connectivity index (χ2n) is 9.58. The fourth-order valence-electron chi connectivity index (χ4n) is 3.68. The molecule has 0 spiro atoms. The maximum atomic E-state index is 12.1. The van der Waals surface area contributed by atoms with E-state index in [9.17, 15) is 39.6 Å². The van der Waals surface area contributed by atoms with Crippen LogP contribution in [-0.4, -0.2) is 68.7 Å². The van der Waals surface area contributed by atoms with Gasteiger partial charge in [0.05, 0.1) is 0 Å². The summed E-state index contributed by atoms with van der Waals surface area (Å²) in [6, 6.07) is -3.60. The predicted molar refractivity (Wildman–Crippen MR) is 135 cm³/mol. The van der Waals surface area contributed by atoms with Crippen LogP contribution in [0.15, 0.2) is 0 Å². The molecule has 11 nitrogen and oxygen atoms in total. The number of amides is 3. The van der Waals surface area contributed by atoms with Crippen molar-refractivity contribution >= 4 is 23.9 Å². The monoisotopic (exact) mass is 517 g/mol. The SMILES string of the molecule is CCCCCCCCCCCC(=O)NCCCC[C@H](NC(=O)N[C@@H](CCC(C)(O)O)C(=O)O)C(=O)O. The van der Waals surface area contributed by atoms with Crippen molar-refractivity contribution in [3.8, 4) is 0 Å². The molecular formula is C25H47N3O8. The Labute approximate surface area is 214 Å². The van der Waals surface area contributed by atoms with E-state index in [0.29, 0.717) is 25.8 Å². The molecule has 11 heteroatoms. The fourth-order valence-corrected chi connectivity index (χ4v) is 3.68. The van der Waals surface area contributed by atoms with Gasteiger partial charge in [-0.3, -0.25) is 4.79 Å². The number of nitrogens with one attached hydrogen (secondary N) is 3. The van der Waals surface area contributed by atoms with E-state index < -0.39 is 35.8 Å². The lowest BCUT2D eigenvalue weighted by Gasteiger charge is -2.21. The predicted octanol–water partition coefficient (Wildman–Crippen LogP) is 2.88. The number of aliphatic hydroxyl groups is 2. The van der Waals surface area contributed by atoms with E-state index in [1.54, 1.807) is 0 Å². The average molecular weight is 518 g/mol. The van der Waals surface area contributed by atoms with Crippen molar-refractivity contribution < 1.29 is 39.6 Å². The van der Waals surface area contributed by atoms with Gasteiger partial charge in [-0.2, -0.15) is 0 Å². The normalized spacial score (nSPS) is 13.0. The molecule has 36 heavy (non-hydrogen) atoms. The molecule has 0 radical (unpaired) electrons. The maximum Gasteiger partial charge on any atom is 0.326 e. The number of carboxylic acid groups (broad SMARTS) is 2. The third-order valence-corrected chi connectivity index (χ3v) is 5.86. The van der Waals surface area contributed by atoms with E-state index in [0.717, 1.165) is 26.2 Å². The summed E-state index contributed by atoms with van der Waals surface area (Å²) in [5.74, 6) is -4.74. The van der Waals surface area contributed by atoms with Crippen molar-refractivity contribution in [2.75, 3.05) is 6.54 Å². The Hall–Kier alpha value is -2.40. The summed E-state index contributed by atoms with van der Waals surface area (Å²) in [5.41, 5.74) is 0. The van der Waals surface area contributed by atoms with Gasteiger partial charge >= 0.3 is 18.0 Å². The molecule has 3 amide bonds. The molecule has 0 heterocycles. The molecule has 0 rings (SSSR count). The molecule has 0 aliphatic carbocycles. The summed E-state index contributed by atoms with van der Waals surface area (Å²) in [6.45, 7) is 3.71. The highest BCUT2D eigenvalue weighted by Gasteiger charge is 2.26. The lowest BCUT2D eigenvalue weighted by molar-refractivity contribution is -0.154. The van der Waals surface area contributed by atoms with Crippen LogP contribution in [0, 0.1) is 0 Å². The van der Waals surface area contributed by atoms with Crippen LogP contribution < -0.4 is 16.0 Å². The summed E-state index contributed by atoms with van der Waals surface area (Å²) >= 11 is 0. The first-order valence-corrected chi connectivity index (χ1v) is 13.2. The van der Waals surface area contributed by atoms with Crippen LogP contribution in [0.4, 0.5) is 4.79 Å². The molecule has 0 fully saturated rings. The molecule has 2 atom stereocenters. The zero-order valence-electron chi connectivity index (χ0n) is 21.9. The Morgan fingerprint density at radius 1 is 0.722 bits per heavy atom. The standard InChI is InChI=1S/C25H47N3O8/c1-3-4-5-6-7-8-9-10-11-15-21(29)26-18-13-12-14-19(22(30)31)27-24(34)28-20(23(32)33)16-17-25(2,35)36/h19-20,35-36H,3-18H2,1-2H3,(H,26,29)(H,30,31)(H,32,33)(H2,27,28,34)/t19-,20-/m0/s1. The van der Waals surface area contributed by atoms with Gasteiger partial charge < -0.3 is 36.4 Å². The van der Waals surface area contributed by atoms with Gasteiger partial charge in [-0.05, 0) is 39.0 Å². The Bertz CT molecular complexity index is 652. The quantitative estimate of drug-likeness (QED) is 0.0843. The Morgan fingerprint density at radius 2 is 1.22 bits per heavy atom. The number of urea groups is 1. The Balaban J connectivity index is 4.07. The molecular weight excluding hydrogens is 470 g/mol. The van der Waals surface area contributed by atoms with Crippen molar-refractivity contribution in [3.63, 3.8) is 0 Å². The van der Waals surface area contributed by atoms with Crippen molar-refractivity contribution in [2.24, 2.45) is 0 Å². The number of hydrogen-bond donors (Lipinski definition) is 7. The first-order valence-electron chi connectivity index (χ1n) is 13.2. The zero-order chi connectivity index (χ0) is 27.4. The Morgan fingerprint density at radius 3 is 1.72 bits per heavy atom. The molecule has 0 aromatic heterocycles. The highest BCUT2D eigenvalue weighted by molar-refractivity contribution is 5.86. The molecule has 7 N–H and O–H groups in total. The topological polar surface area (TPSA) is 185 Å². The van der Waals surface area contributed by atoms with Gasteiger partial charge in [-0.25, -0.2) is 14.4 Å². The molecule has 0 aliphatic rings. The third kappa shape index (κ3) is 19.9. The van der Waals surface area contributed by atoms with E-state index in [1.807, 2.05) is 0 Å². The van der Waals surface area contributed by atoms with Crippen LogP contribution in [-0.2, 0) is 14.4 Å². The lowest BCUT2D eigenvalue weighted by atomic mass is 10.1. The summed E-state index contributed by atoms with van der Waals surface area (Å²) in [7, 11) is 0. The number of carbonyl (C=O) groups is 4. The number of carboxylic acids is 2. The molecule has 0 saturated heterocycles. The minimum absolute atomic E-state index is 0.0215. The number of rotatable bonds is 22. The second-order valence-corrected chi connectivity index (χ2v) is 9.58. The van der Waals surface area contributed by atoms with Gasteiger partial charge in [0, 0.05) is 19.4 Å². The summed E-state index contributed by atoms with van der Waals surface area (Å²) in [6.07, 6.45) is 11.7. The van der Waals surface area contributed by atoms with Crippen LogP contribution in [0.3, 0.4) is 0 Å². The van der Waals surface area contributed by atoms with Gasteiger partial charge in [0.15, 0.2) is 5.79 Å². The number of unbranched alkanes of at least 4 members (excludes halogenated alkanes) is 9. The second kappa shape index (κ2) is 19.7. The van der Waals surface area contributed by atoms with Crippen LogP contribution in [0.25, 0.3) is 0 Å². The molecule has 0 saturated carbocycles. The van der Waals surface area contributed by atoms with E-state index in [4.69, 9.17) is 0 Å². The number of carbonyl (C=O) groups excluding carboxylic acids is 2. The highest BCUT2D eigenvalue weighted by atomic mass is 16.5. The third-order valence-electron chi connectivity index (χ3n) is 5.86. The van der Waals surface area contributed by atoms with Crippen LogP contribution in [0.1, 0.15) is 110 Å². The highest BCUT2D eigenvalue weighted by Crippen LogP contribution is 2.11. The van der Waals surface area contributed by atoms with Crippen LogP contribution in [0.2, 0.25) is 0 Å². The molecule has 0 aliphatic heterocycles. The molecule has 0 bridgehead atoms. The Kier molecular flexibility index (Phi) is 18.4. The minimum Gasteiger partial charge on any atom is -0.480 e. The van der Waals surface area contributed by atoms with E-state index in [1.165, 1.54) is 38.5 Å². The van der Waals surface area contributed by atoms with Crippen molar-refractivity contribution in [1.29, 1.82) is 0 Å². The number of aliphatic carboxylic acids is 2. The molecule has 0 unspecified atom stereocenters. The first-order chi connectivity index (χ1) is 17.0.